The van der Waals surface area contributed by atoms with Gasteiger partial charge in [0.1, 0.15) is 0 Å². The van der Waals surface area contributed by atoms with Crippen LogP contribution < -0.4 is 10.6 Å². The van der Waals surface area contributed by atoms with Gasteiger partial charge in [-0.1, -0.05) is 36.4 Å². The Kier molecular flexibility index (Phi) is 6.00. The van der Waals surface area contributed by atoms with E-state index in [1.54, 1.807) is 35.0 Å². The number of thiophene rings is 1. The third-order valence-electron chi connectivity index (χ3n) is 4.94. The molecule has 168 valence electrons. The number of hydrogen-bond acceptors (Lipinski definition) is 6. The maximum absolute atomic E-state index is 12.9. The lowest BCUT2D eigenvalue weighted by atomic mass is 10.2. The number of hydrogen-bond donors (Lipinski definition) is 2. The zero-order valence-corrected chi connectivity index (χ0v) is 18.7. The van der Waals surface area contributed by atoms with E-state index in [-0.39, 0.29) is 24.0 Å². The zero-order valence-electron chi connectivity index (χ0n) is 17.8. The van der Waals surface area contributed by atoms with Crippen LogP contribution in [0.5, 0.6) is 0 Å². The van der Waals surface area contributed by atoms with Crippen LogP contribution in [0.25, 0.3) is 16.4 Å². The third kappa shape index (κ3) is 4.64. The Hall–Kier alpha value is -4.50. The van der Waals surface area contributed by atoms with Gasteiger partial charge in [-0.05, 0) is 53.4 Å². The number of nitrogens with zero attached hydrogens (tertiary/aromatic N) is 3. The van der Waals surface area contributed by atoms with Crippen LogP contribution in [0.15, 0.2) is 94.9 Å². The van der Waals surface area contributed by atoms with Crippen molar-refractivity contribution in [3.8, 4) is 16.4 Å². The average molecular weight is 470 g/mol. The van der Waals surface area contributed by atoms with Gasteiger partial charge in [-0.15, -0.1) is 16.4 Å². The highest BCUT2D eigenvalue weighted by atomic mass is 32.1. The zero-order chi connectivity index (χ0) is 23.3. The number of carbonyl (C=O) groups excluding carboxylic acids is 2. The van der Waals surface area contributed by atoms with Gasteiger partial charge in [0.05, 0.1) is 16.8 Å². The highest BCUT2D eigenvalue weighted by Gasteiger charge is 2.19. The molecular formula is C25H19N5O3S. The van der Waals surface area contributed by atoms with Gasteiger partial charge in [-0.3, -0.25) is 9.59 Å². The highest BCUT2D eigenvalue weighted by Crippen LogP contribution is 2.25. The van der Waals surface area contributed by atoms with Crippen molar-refractivity contribution in [1.29, 1.82) is 0 Å². The molecule has 0 atom stereocenters. The van der Waals surface area contributed by atoms with Crippen molar-refractivity contribution in [1.82, 2.24) is 20.1 Å². The number of carbonyl (C=O) groups is 2. The standard InChI is InChI=1S/C25H19N5O3S/c31-24(20-11-5-13-33-20)27-18-8-4-7-17(15-18)16-26-25(32)22-28-23(21-12-6-14-34-21)30(29-22)19-9-2-1-3-10-19/h1-15H,16H2,(H,26,32)(H,27,31). The van der Waals surface area contributed by atoms with Crippen LogP contribution in [0.4, 0.5) is 5.69 Å². The number of nitrogens with one attached hydrogen (secondary N) is 2. The SMILES string of the molecule is O=C(NCc1cccc(NC(=O)c2ccco2)c1)c1nc(-c2cccs2)n(-c2ccccc2)n1. The predicted molar refractivity (Wildman–Crippen MR) is 129 cm³/mol. The second-order valence-corrected chi connectivity index (χ2v) is 8.25. The van der Waals surface area contributed by atoms with Gasteiger partial charge in [0.25, 0.3) is 11.8 Å². The Bertz CT molecular complexity index is 1410. The monoisotopic (exact) mass is 469 g/mol. The Balaban J connectivity index is 1.31. The molecule has 0 aliphatic carbocycles. The van der Waals surface area contributed by atoms with Crippen LogP contribution in [0.3, 0.4) is 0 Å². The van der Waals surface area contributed by atoms with E-state index < -0.39 is 5.91 Å². The first kappa shape index (κ1) is 21.4. The molecule has 0 saturated carbocycles. The molecule has 5 rings (SSSR count). The van der Waals surface area contributed by atoms with Gasteiger partial charge in [0.2, 0.25) is 5.82 Å². The molecule has 0 saturated heterocycles. The molecule has 0 aliphatic heterocycles. The van der Waals surface area contributed by atoms with Crippen molar-refractivity contribution in [2.75, 3.05) is 5.32 Å². The second-order valence-electron chi connectivity index (χ2n) is 7.30. The van der Waals surface area contributed by atoms with E-state index in [0.29, 0.717) is 11.5 Å². The van der Waals surface area contributed by atoms with E-state index in [9.17, 15) is 9.59 Å². The van der Waals surface area contributed by atoms with Crippen LogP contribution in [-0.2, 0) is 6.54 Å². The number of furan rings is 1. The first-order valence-electron chi connectivity index (χ1n) is 10.5. The van der Waals surface area contributed by atoms with E-state index in [1.807, 2.05) is 53.9 Å². The first-order valence-corrected chi connectivity index (χ1v) is 11.3. The Morgan fingerprint density at radius 3 is 2.59 bits per heavy atom. The minimum absolute atomic E-state index is 0.0783. The summed E-state index contributed by atoms with van der Waals surface area (Å²) in [4.78, 5) is 30.5. The fraction of sp³-hybridized carbons (Fsp3) is 0.0400. The fourth-order valence-electron chi connectivity index (χ4n) is 3.34. The summed E-state index contributed by atoms with van der Waals surface area (Å²) in [5.41, 5.74) is 2.23. The molecule has 9 heteroatoms. The van der Waals surface area contributed by atoms with Crippen LogP contribution in [0.1, 0.15) is 26.7 Å². The third-order valence-corrected chi connectivity index (χ3v) is 5.80. The Morgan fingerprint density at radius 2 is 1.82 bits per heavy atom. The molecule has 0 bridgehead atoms. The summed E-state index contributed by atoms with van der Waals surface area (Å²) in [7, 11) is 0. The fourth-order valence-corrected chi connectivity index (χ4v) is 4.04. The van der Waals surface area contributed by atoms with Crippen molar-refractivity contribution in [3.05, 3.63) is 108 Å². The maximum atomic E-state index is 12.9. The molecule has 34 heavy (non-hydrogen) atoms. The summed E-state index contributed by atoms with van der Waals surface area (Å²) < 4.78 is 6.78. The Labute approximate surface area is 198 Å². The van der Waals surface area contributed by atoms with Crippen molar-refractivity contribution in [3.63, 3.8) is 0 Å². The molecule has 0 unspecified atom stereocenters. The molecule has 3 heterocycles. The molecule has 2 N–H and O–H groups in total. The lowest BCUT2D eigenvalue weighted by molar-refractivity contribution is 0.0939. The molecule has 0 fully saturated rings. The summed E-state index contributed by atoms with van der Waals surface area (Å²) in [5, 5.41) is 12.1. The number of rotatable bonds is 7. The van der Waals surface area contributed by atoms with Crippen molar-refractivity contribution >= 4 is 28.8 Å². The first-order chi connectivity index (χ1) is 16.7. The van der Waals surface area contributed by atoms with Crippen molar-refractivity contribution in [2.45, 2.75) is 6.54 Å². The number of para-hydroxylation sites is 1. The highest BCUT2D eigenvalue weighted by molar-refractivity contribution is 7.13. The van der Waals surface area contributed by atoms with Gasteiger partial charge < -0.3 is 15.1 Å². The largest absolute Gasteiger partial charge is 0.459 e. The maximum Gasteiger partial charge on any atom is 0.291 e. The molecule has 0 spiro atoms. The summed E-state index contributed by atoms with van der Waals surface area (Å²) in [6.07, 6.45) is 1.44. The predicted octanol–water partition coefficient (Wildman–Crippen LogP) is 4.77. The van der Waals surface area contributed by atoms with Gasteiger partial charge in [0, 0.05) is 12.2 Å². The number of amides is 2. The van der Waals surface area contributed by atoms with E-state index in [0.717, 1.165) is 16.1 Å². The van der Waals surface area contributed by atoms with Crippen molar-refractivity contribution < 1.29 is 14.0 Å². The van der Waals surface area contributed by atoms with Gasteiger partial charge in [0.15, 0.2) is 11.6 Å². The molecule has 0 aliphatic rings. The lowest BCUT2D eigenvalue weighted by Crippen LogP contribution is -2.24. The summed E-state index contributed by atoms with van der Waals surface area (Å²) in [5.74, 6) is 0.171. The second kappa shape index (κ2) is 9.55. The smallest absolute Gasteiger partial charge is 0.291 e. The number of anilines is 1. The molecule has 5 aromatic rings. The quantitative estimate of drug-likeness (QED) is 0.357. The van der Waals surface area contributed by atoms with Crippen LogP contribution in [-0.4, -0.2) is 26.6 Å². The number of benzene rings is 2. The minimum atomic E-state index is -0.391. The van der Waals surface area contributed by atoms with Crippen LogP contribution in [0.2, 0.25) is 0 Å². The minimum Gasteiger partial charge on any atom is -0.459 e. The lowest BCUT2D eigenvalue weighted by Gasteiger charge is -2.07. The summed E-state index contributed by atoms with van der Waals surface area (Å²) in [6.45, 7) is 0.248. The molecule has 2 amide bonds. The van der Waals surface area contributed by atoms with E-state index >= 15 is 0 Å². The summed E-state index contributed by atoms with van der Waals surface area (Å²) in [6, 6.07) is 23.9. The van der Waals surface area contributed by atoms with Crippen LogP contribution in [0, 0.1) is 0 Å². The van der Waals surface area contributed by atoms with E-state index in [1.165, 1.54) is 17.6 Å². The van der Waals surface area contributed by atoms with Crippen LogP contribution >= 0.6 is 11.3 Å². The Morgan fingerprint density at radius 1 is 0.941 bits per heavy atom. The van der Waals surface area contributed by atoms with Crippen molar-refractivity contribution in [2.24, 2.45) is 0 Å². The molecule has 2 aromatic carbocycles. The average Bonchev–Trinajstić information content (AvgIpc) is 3.64. The normalized spacial score (nSPS) is 10.7. The van der Waals surface area contributed by atoms with E-state index in [2.05, 4.69) is 20.7 Å². The topological polar surface area (TPSA) is 102 Å². The van der Waals surface area contributed by atoms with E-state index in [4.69, 9.17) is 4.42 Å². The molecule has 3 aromatic heterocycles. The molecular weight excluding hydrogens is 450 g/mol. The van der Waals surface area contributed by atoms with Gasteiger partial charge >= 0.3 is 0 Å². The molecule has 0 radical (unpaired) electrons. The molecule has 8 nitrogen and oxygen atoms in total. The summed E-state index contributed by atoms with van der Waals surface area (Å²) >= 11 is 1.53. The van der Waals surface area contributed by atoms with Gasteiger partial charge in [-0.25, -0.2) is 9.67 Å². The number of aromatic nitrogens is 3. The van der Waals surface area contributed by atoms with Gasteiger partial charge in [-0.2, -0.15) is 0 Å².